The summed E-state index contributed by atoms with van der Waals surface area (Å²) in [5.41, 5.74) is 3.20. The first-order chi connectivity index (χ1) is 10.5. The minimum absolute atomic E-state index is 0.0168. The molecule has 1 aliphatic heterocycles. The topological polar surface area (TPSA) is 56.6 Å². The lowest BCUT2D eigenvalue weighted by molar-refractivity contribution is -0.137. The fourth-order valence-electron chi connectivity index (χ4n) is 2.76. The monoisotopic (exact) mass is 309 g/mol. The number of carbonyl (C=O) groups excluding carboxylic acids is 1. The number of ether oxygens (including phenoxy) is 2. The molecule has 6 nitrogen and oxygen atoms in total. The van der Waals surface area contributed by atoms with Crippen LogP contribution in [0.1, 0.15) is 36.7 Å². The Morgan fingerprint density at radius 1 is 1.50 bits per heavy atom. The van der Waals surface area contributed by atoms with E-state index in [2.05, 4.69) is 5.10 Å². The largest absolute Gasteiger partial charge is 0.376 e. The van der Waals surface area contributed by atoms with Crippen LogP contribution in [0.25, 0.3) is 0 Å². The smallest absolute Gasteiger partial charge is 0.248 e. The lowest BCUT2D eigenvalue weighted by Gasteiger charge is -2.21. The van der Waals surface area contributed by atoms with E-state index in [1.165, 1.54) is 0 Å². The van der Waals surface area contributed by atoms with E-state index in [-0.39, 0.29) is 18.6 Å². The van der Waals surface area contributed by atoms with Crippen molar-refractivity contribution in [2.24, 2.45) is 7.05 Å². The molecule has 1 saturated heterocycles. The average Bonchev–Trinajstić information content (AvgIpc) is 3.07. The molecule has 0 radical (unpaired) electrons. The standard InChI is InChI=1S/C16H27N3O3/c1-5-19(9-15-12(2)17-18(4)13(15)3)16(20)11-21-10-14-7-6-8-22-14/h14H,5-11H2,1-4H3. The van der Waals surface area contributed by atoms with Gasteiger partial charge in [0, 0.05) is 38.0 Å². The van der Waals surface area contributed by atoms with E-state index in [0.717, 1.165) is 36.4 Å². The second-order valence-electron chi connectivity index (χ2n) is 5.83. The predicted octanol–water partition coefficient (Wildman–Crippen LogP) is 1.58. The van der Waals surface area contributed by atoms with Crippen LogP contribution in [-0.2, 0) is 27.9 Å². The Bertz CT molecular complexity index is 507. The number of hydrogen-bond acceptors (Lipinski definition) is 4. The molecule has 1 amide bonds. The van der Waals surface area contributed by atoms with Crippen molar-refractivity contribution in [2.45, 2.75) is 46.3 Å². The second kappa shape index (κ2) is 7.74. The summed E-state index contributed by atoms with van der Waals surface area (Å²) < 4.78 is 12.9. The first-order valence-corrected chi connectivity index (χ1v) is 7.99. The summed E-state index contributed by atoms with van der Waals surface area (Å²) in [5.74, 6) is 0.0168. The molecule has 6 heteroatoms. The SMILES string of the molecule is CCN(Cc1c(C)nn(C)c1C)C(=O)COCC1CCCO1. The van der Waals surface area contributed by atoms with Gasteiger partial charge in [-0.05, 0) is 33.6 Å². The van der Waals surface area contributed by atoms with Gasteiger partial charge in [-0.25, -0.2) is 0 Å². The van der Waals surface area contributed by atoms with E-state index < -0.39 is 0 Å². The first-order valence-electron chi connectivity index (χ1n) is 7.99. The zero-order valence-electron chi connectivity index (χ0n) is 14.1. The van der Waals surface area contributed by atoms with Gasteiger partial charge in [0.2, 0.25) is 5.91 Å². The van der Waals surface area contributed by atoms with Gasteiger partial charge in [-0.1, -0.05) is 0 Å². The Morgan fingerprint density at radius 3 is 2.82 bits per heavy atom. The zero-order chi connectivity index (χ0) is 16.1. The number of aromatic nitrogens is 2. The molecule has 0 aliphatic carbocycles. The molecule has 1 aliphatic rings. The van der Waals surface area contributed by atoms with E-state index in [9.17, 15) is 4.79 Å². The van der Waals surface area contributed by atoms with E-state index in [1.807, 2.05) is 37.4 Å². The molecule has 0 spiro atoms. The molecule has 0 aromatic carbocycles. The van der Waals surface area contributed by atoms with Gasteiger partial charge in [-0.15, -0.1) is 0 Å². The molecule has 124 valence electrons. The summed E-state index contributed by atoms with van der Waals surface area (Å²) in [4.78, 5) is 14.1. The normalized spacial score (nSPS) is 17.9. The van der Waals surface area contributed by atoms with Crippen LogP contribution in [-0.4, -0.2) is 53.1 Å². The highest BCUT2D eigenvalue weighted by Gasteiger charge is 2.19. The lowest BCUT2D eigenvalue weighted by atomic mass is 10.2. The molecule has 1 aromatic rings. The van der Waals surface area contributed by atoms with E-state index >= 15 is 0 Å². The van der Waals surface area contributed by atoms with Crippen LogP contribution in [0.4, 0.5) is 0 Å². The van der Waals surface area contributed by atoms with Crippen molar-refractivity contribution in [1.29, 1.82) is 0 Å². The van der Waals surface area contributed by atoms with Crippen LogP contribution < -0.4 is 0 Å². The fourth-order valence-corrected chi connectivity index (χ4v) is 2.76. The summed E-state index contributed by atoms with van der Waals surface area (Å²) >= 11 is 0. The molecule has 0 N–H and O–H groups in total. The third kappa shape index (κ3) is 4.08. The Morgan fingerprint density at radius 2 is 2.27 bits per heavy atom. The highest BCUT2D eigenvalue weighted by atomic mass is 16.5. The Balaban J connectivity index is 1.85. The van der Waals surface area contributed by atoms with Crippen LogP contribution in [0.2, 0.25) is 0 Å². The Labute approximate surface area is 132 Å². The number of aryl methyl sites for hydroxylation is 2. The maximum atomic E-state index is 12.3. The number of rotatable bonds is 7. The minimum Gasteiger partial charge on any atom is -0.376 e. The fraction of sp³-hybridized carbons (Fsp3) is 0.750. The van der Waals surface area contributed by atoms with E-state index in [1.54, 1.807) is 0 Å². The summed E-state index contributed by atoms with van der Waals surface area (Å²) in [6, 6.07) is 0. The quantitative estimate of drug-likeness (QED) is 0.767. The van der Waals surface area contributed by atoms with E-state index in [0.29, 0.717) is 19.7 Å². The van der Waals surface area contributed by atoms with Crippen molar-refractivity contribution < 1.29 is 14.3 Å². The zero-order valence-corrected chi connectivity index (χ0v) is 14.1. The Kier molecular flexibility index (Phi) is 5.97. The van der Waals surface area contributed by atoms with Crippen LogP contribution in [0.5, 0.6) is 0 Å². The van der Waals surface area contributed by atoms with E-state index in [4.69, 9.17) is 9.47 Å². The maximum absolute atomic E-state index is 12.3. The molecule has 1 fully saturated rings. The van der Waals surface area contributed by atoms with Crippen molar-refractivity contribution in [3.63, 3.8) is 0 Å². The van der Waals surface area contributed by atoms with Crippen LogP contribution in [0.15, 0.2) is 0 Å². The van der Waals surface area contributed by atoms with Gasteiger partial charge < -0.3 is 14.4 Å². The first kappa shape index (κ1) is 17.0. The van der Waals surface area contributed by atoms with Gasteiger partial charge in [0.1, 0.15) is 6.61 Å². The second-order valence-corrected chi connectivity index (χ2v) is 5.83. The average molecular weight is 309 g/mol. The van der Waals surface area contributed by atoms with Gasteiger partial charge in [0.05, 0.1) is 18.4 Å². The molecule has 22 heavy (non-hydrogen) atoms. The molecule has 0 bridgehead atoms. The number of hydrogen-bond donors (Lipinski definition) is 0. The summed E-state index contributed by atoms with van der Waals surface area (Å²) in [5, 5.41) is 4.40. The third-order valence-corrected chi connectivity index (χ3v) is 4.30. The van der Waals surface area contributed by atoms with Crippen molar-refractivity contribution >= 4 is 5.91 Å². The Hall–Kier alpha value is -1.40. The van der Waals surface area contributed by atoms with Gasteiger partial charge in [0.25, 0.3) is 0 Å². The molecular formula is C16H27N3O3. The van der Waals surface area contributed by atoms with Crippen LogP contribution >= 0.6 is 0 Å². The number of carbonyl (C=O) groups is 1. The molecule has 1 atom stereocenters. The van der Waals surface area contributed by atoms with Gasteiger partial charge >= 0.3 is 0 Å². The third-order valence-electron chi connectivity index (χ3n) is 4.30. The predicted molar refractivity (Wildman–Crippen MR) is 83.6 cm³/mol. The minimum atomic E-state index is 0.0168. The summed E-state index contributed by atoms with van der Waals surface area (Å²) in [6.07, 6.45) is 2.27. The number of nitrogens with zero attached hydrogens (tertiary/aromatic N) is 3. The van der Waals surface area contributed by atoms with Crippen molar-refractivity contribution in [3.8, 4) is 0 Å². The summed E-state index contributed by atoms with van der Waals surface area (Å²) in [6.45, 7) is 8.68. The molecule has 0 saturated carbocycles. The molecule has 1 unspecified atom stereocenters. The van der Waals surface area contributed by atoms with Crippen molar-refractivity contribution in [2.75, 3.05) is 26.4 Å². The highest BCUT2D eigenvalue weighted by molar-refractivity contribution is 5.77. The number of amides is 1. The molecular weight excluding hydrogens is 282 g/mol. The van der Waals surface area contributed by atoms with Crippen LogP contribution in [0.3, 0.4) is 0 Å². The van der Waals surface area contributed by atoms with Crippen LogP contribution in [0, 0.1) is 13.8 Å². The van der Waals surface area contributed by atoms with Gasteiger partial charge in [-0.2, -0.15) is 5.10 Å². The molecule has 2 heterocycles. The van der Waals surface area contributed by atoms with Gasteiger partial charge in [0.15, 0.2) is 0 Å². The maximum Gasteiger partial charge on any atom is 0.248 e. The van der Waals surface area contributed by atoms with Crippen molar-refractivity contribution in [3.05, 3.63) is 17.0 Å². The highest BCUT2D eigenvalue weighted by Crippen LogP contribution is 2.15. The van der Waals surface area contributed by atoms with Crippen molar-refractivity contribution in [1.82, 2.24) is 14.7 Å². The van der Waals surface area contributed by atoms with Gasteiger partial charge in [-0.3, -0.25) is 9.48 Å². The molecule has 1 aromatic heterocycles. The number of likely N-dealkylation sites (N-methyl/N-ethyl adjacent to an activating group) is 1. The lowest BCUT2D eigenvalue weighted by Crippen LogP contribution is -2.34. The summed E-state index contributed by atoms with van der Waals surface area (Å²) in [7, 11) is 1.93. The molecule has 2 rings (SSSR count).